The topological polar surface area (TPSA) is 46.6 Å². The van der Waals surface area contributed by atoms with Crippen LogP contribution in [0.2, 0.25) is 0 Å². The number of aryl methyl sites for hydroxylation is 1. The first kappa shape index (κ1) is 20.1. The van der Waals surface area contributed by atoms with Crippen LogP contribution in [0.25, 0.3) is 0 Å². The van der Waals surface area contributed by atoms with Crippen molar-refractivity contribution < 1.29 is 14.3 Å². The zero-order valence-electron chi connectivity index (χ0n) is 17.1. The van der Waals surface area contributed by atoms with Crippen LogP contribution in [0, 0.1) is 12.8 Å². The van der Waals surface area contributed by atoms with Gasteiger partial charge in [-0.2, -0.15) is 0 Å². The highest BCUT2D eigenvalue weighted by molar-refractivity contribution is 7.12. The molecule has 0 unspecified atom stereocenters. The molecule has 0 bridgehead atoms. The van der Waals surface area contributed by atoms with Gasteiger partial charge in [-0.05, 0) is 76.9 Å². The van der Waals surface area contributed by atoms with Crippen LogP contribution in [0.1, 0.15) is 78.6 Å². The number of amides is 1. The van der Waals surface area contributed by atoms with Gasteiger partial charge in [-0.15, -0.1) is 11.3 Å². The Bertz CT molecular complexity index is 748. The van der Waals surface area contributed by atoms with Crippen LogP contribution < -0.4 is 0 Å². The summed E-state index contributed by atoms with van der Waals surface area (Å²) in [5, 5.41) is 0. The number of carbonyl (C=O) groups excluding carboxylic acids is 2. The monoisotopic (exact) mass is 389 g/mol. The maximum atomic E-state index is 12.4. The van der Waals surface area contributed by atoms with Gasteiger partial charge in [-0.25, -0.2) is 4.79 Å². The summed E-state index contributed by atoms with van der Waals surface area (Å²) in [5.41, 5.74) is 1.67. The van der Waals surface area contributed by atoms with Gasteiger partial charge in [0.1, 0.15) is 5.60 Å². The van der Waals surface area contributed by atoms with Crippen molar-refractivity contribution in [2.24, 2.45) is 5.92 Å². The number of hydrogen-bond acceptors (Lipinski definition) is 4. The van der Waals surface area contributed by atoms with Crippen LogP contribution in [0.3, 0.4) is 0 Å². The molecule has 0 spiro atoms. The van der Waals surface area contributed by atoms with E-state index in [9.17, 15) is 9.59 Å². The number of rotatable bonds is 2. The Morgan fingerprint density at radius 1 is 1.30 bits per heavy atom. The summed E-state index contributed by atoms with van der Waals surface area (Å²) in [6.45, 7) is 11.6. The van der Waals surface area contributed by atoms with Gasteiger partial charge in [0.05, 0.1) is 0 Å². The molecule has 2 aliphatic rings. The Labute approximate surface area is 166 Å². The molecule has 1 aromatic heterocycles. The third-order valence-corrected chi connectivity index (χ3v) is 7.17. The molecule has 3 rings (SSSR count). The van der Waals surface area contributed by atoms with Gasteiger partial charge < -0.3 is 9.64 Å². The van der Waals surface area contributed by atoms with E-state index in [2.05, 4.69) is 13.8 Å². The SMILES string of the molecule is Cc1c([C@H](C)C2CCN(C(=O)OC(C)(C)C)CC2)sc2c1C(=O)C=CCC2. The highest BCUT2D eigenvalue weighted by Crippen LogP contribution is 2.41. The highest BCUT2D eigenvalue weighted by Gasteiger charge is 2.32. The molecule has 27 heavy (non-hydrogen) atoms. The Balaban J connectivity index is 1.67. The van der Waals surface area contributed by atoms with Gasteiger partial charge in [0.2, 0.25) is 0 Å². The first-order valence-corrected chi connectivity index (χ1v) is 10.8. The van der Waals surface area contributed by atoms with E-state index in [0.717, 1.165) is 44.3 Å². The lowest BCUT2D eigenvalue weighted by molar-refractivity contribution is 0.0176. The molecule has 0 radical (unpaired) electrons. The minimum absolute atomic E-state index is 0.162. The van der Waals surface area contributed by atoms with E-state index in [1.54, 1.807) is 6.08 Å². The van der Waals surface area contributed by atoms with Crippen molar-refractivity contribution in [2.45, 2.75) is 71.8 Å². The molecule has 4 nitrogen and oxygen atoms in total. The fourth-order valence-corrected chi connectivity index (χ4v) is 5.61. The lowest BCUT2D eigenvalue weighted by Gasteiger charge is -2.35. The minimum atomic E-state index is -0.450. The maximum Gasteiger partial charge on any atom is 0.410 e. The summed E-state index contributed by atoms with van der Waals surface area (Å²) in [7, 11) is 0. The van der Waals surface area contributed by atoms with E-state index >= 15 is 0 Å². The number of hydrogen-bond donors (Lipinski definition) is 0. The number of allylic oxidation sites excluding steroid dienone is 2. The van der Waals surface area contributed by atoms with Crippen molar-refractivity contribution in [1.82, 2.24) is 4.90 Å². The first-order chi connectivity index (χ1) is 12.7. The number of carbonyl (C=O) groups is 2. The summed E-state index contributed by atoms with van der Waals surface area (Å²) < 4.78 is 5.50. The largest absolute Gasteiger partial charge is 0.444 e. The number of ether oxygens (including phenoxy) is 1. The van der Waals surface area contributed by atoms with Crippen LogP contribution in [0.15, 0.2) is 12.2 Å². The van der Waals surface area contributed by atoms with E-state index in [-0.39, 0.29) is 11.9 Å². The van der Waals surface area contributed by atoms with E-state index in [1.165, 1.54) is 15.3 Å². The van der Waals surface area contributed by atoms with Crippen LogP contribution >= 0.6 is 11.3 Å². The van der Waals surface area contributed by atoms with Gasteiger partial charge in [0.25, 0.3) is 0 Å². The summed E-state index contributed by atoms with van der Waals surface area (Å²) in [4.78, 5) is 29.1. The van der Waals surface area contributed by atoms with Gasteiger partial charge in [-0.1, -0.05) is 13.0 Å². The number of ketones is 1. The molecule has 1 aliphatic carbocycles. The first-order valence-electron chi connectivity index (χ1n) is 9.98. The van der Waals surface area contributed by atoms with Crippen molar-refractivity contribution >= 4 is 23.2 Å². The summed E-state index contributed by atoms with van der Waals surface area (Å²) in [6, 6.07) is 0. The van der Waals surface area contributed by atoms with E-state index < -0.39 is 5.60 Å². The standard InChI is InChI=1S/C22H31NO3S/c1-14(16-10-12-23(13-11-16)21(25)26-22(3,4)5)20-15(2)19-17(24)8-6-7-9-18(19)27-20/h6,8,14,16H,7,9-13H2,1-5H3/t14-/m1/s1. The van der Waals surface area contributed by atoms with Gasteiger partial charge in [0, 0.05) is 28.4 Å². The fourth-order valence-electron chi connectivity index (χ4n) is 4.14. The summed E-state index contributed by atoms with van der Waals surface area (Å²) >= 11 is 1.83. The predicted molar refractivity (Wildman–Crippen MR) is 110 cm³/mol. The van der Waals surface area contributed by atoms with Crippen molar-refractivity contribution in [1.29, 1.82) is 0 Å². The van der Waals surface area contributed by atoms with Crippen molar-refractivity contribution in [2.75, 3.05) is 13.1 Å². The molecule has 1 aromatic rings. The van der Waals surface area contributed by atoms with Gasteiger partial charge >= 0.3 is 6.09 Å². The molecule has 0 N–H and O–H groups in total. The number of nitrogens with zero attached hydrogens (tertiary/aromatic N) is 1. The van der Waals surface area contributed by atoms with Crippen LogP contribution in [0.5, 0.6) is 0 Å². The zero-order chi connectivity index (χ0) is 19.8. The molecular formula is C22H31NO3S. The van der Waals surface area contributed by atoms with E-state index in [1.807, 2.05) is 43.1 Å². The molecule has 148 valence electrons. The number of piperidine rings is 1. The Morgan fingerprint density at radius 3 is 2.59 bits per heavy atom. The predicted octanol–water partition coefficient (Wildman–Crippen LogP) is 5.49. The third kappa shape index (κ3) is 4.45. The smallest absolute Gasteiger partial charge is 0.410 e. The average molecular weight is 390 g/mol. The average Bonchev–Trinajstić information content (AvgIpc) is 2.81. The van der Waals surface area contributed by atoms with Crippen molar-refractivity contribution in [3.8, 4) is 0 Å². The second-order valence-electron chi connectivity index (χ2n) is 8.79. The van der Waals surface area contributed by atoms with Crippen molar-refractivity contribution in [3.63, 3.8) is 0 Å². The Kier molecular flexibility index (Phi) is 5.80. The van der Waals surface area contributed by atoms with Gasteiger partial charge in [-0.3, -0.25) is 4.79 Å². The lowest BCUT2D eigenvalue weighted by atomic mass is 9.83. The second kappa shape index (κ2) is 7.78. The highest BCUT2D eigenvalue weighted by atomic mass is 32.1. The number of fused-ring (bicyclic) bond motifs is 1. The van der Waals surface area contributed by atoms with Crippen LogP contribution in [-0.2, 0) is 11.2 Å². The van der Waals surface area contributed by atoms with Crippen LogP contribution in [-0.4, -0.2) is 35.5 Å². The molecule has 1 aliphatic heterocycles. The molecule has 1 fully saturated rings. The number of thiophene rings is 1. The maximum absolute atomic E-state index is 12.4. The Morgan fingerprint density at radius 2 is 1.96 bits per heavy atom. The normalized spacial score (nSPS) is 19.6. The third-order valence-electron chi connectivity index (χ3n) is 5.62. The van der Waals surface area contributed by atoms with Gasteiger partial charge in [0.15, 0.2) is 5.78 Å². The number of likely N-dealkylation sites (tertiary alicyclic amines) is 1. The van der Waals surface area contributed by atoms with E-state index in [4.69, 9.17) is 4.74 Å². The molecular weight excluding hydrogens is 358 g/mol. The molecule has 1 saturated heterocycles. The summed E-state index contributed by atoms with van der Waals surface area (Å²) in [6.07, 6.45) is 7.40. The second-order valence-corrected chi connectivity index (χ2v) is 9.93. The van der Waals surface area contributed by atoms with Crippen molar-refractivity contribution in [3.05, 3.63) is 33.0 Å². The molecule has 1 amide bonds. The van der Waals surface area contributed by atoms with Crippen LogP contribution in [0.4, 0.5) is 4.79 Å². The molecule has 0 saturated carbocycles. The molecule has 1 atom stereocenters. The molecule has 0 aromatic carbocycles. The molecule has 2 heterocycles. The quantitative estimate of drug-likeness (QED) is 0.672. The Hall–Kier alpha value is -1.62. The fraction of sp³-hybridized carbons (Fsp3) is 0.636. The zero-order valence-corrected chi connectivity index (χ0v) is 17.9. The molecule has 5 heteroatoms. The van der Waals surface area contributed by atoms with E-state index in [0.29, 0.717) is 11.8 Å². The minimum Gasteiger partial charge on any atom is -0.444 e. The lowest BCUT2D eigenvalue weighted by Crippen LogP contribution is -2.42. The summed E-state index contributed by atoms with van der Waals surface area (Å²) in [5.74, 6) is 1.12.